The topological polar surface area (TPSA) is 86.8 Å². The van der Waals surface area contributed by atoms with Crippen molar-refractivity contribution in [2.45, 2.75) is 65.4 Å². The maximum Gasteiger partial charge on any atom is 0.264 e. The predicted octanol–water partition coefficient (Wildman–Crippen LogP) is 6.69. The molecule has 0 saturated heterocycles. The second kappa shape index (κ2) is 14.4. The Balaban J connectivity index is 2.09. The van der Waals surface area contributed by atoms with Gasteiger partial charge in [0.05, 0.1) is 20.6 Å². The molecule has 7 nitrogen and oxygen atoms in total. The van der Waals surface area contributed by atoms with Crippen LogP contribution >= 0.6 is 23.2 Å². The fourth-order valence-electron chi connectivity index (χ4n) is 4.61. The van der Waals surface area contributed by atoms with Crippen LogP contribution < -0.4 is 9.62 Å². The first-order valence-corrected chi connectivity index (χ1v) is 16.1. The van der Waals surface area contributed by atoms with Gasteiger partial charge < -0.3 is 10.2 Å². The lowest BCUT2D eigenvalue weighted by Crippen LogP contribution is -2.52. The second-order valence-electron chi connectivity index (χ2n) is 10.9. The van der Waals surface area contributed by atoms with Gasteiger partial charge in [0, 0.05) is 13.1 Å². The van der Waals surface area contributed by atoms with E-state index < -0.39 is 28.5 Å². The Kier molecular flexibility index (Phi) is 11.5. The molecule has 10 heteroatoms. The quantitative estimate of drug-likeness (QED) is 0.241. The van der Waals surface area contributed by atoms with Crippen LogP contribution in [-0.4, -0.2) is 44.3 Å². The normalized spacial score (nSPS) is 12.2. The Morgan fingerprint density at radius 3 is 2.10 bits per heavy atom. The van der Waals surface area contributed by atoms with Gasteiger partial charge >= 0.3 is 0 Å². The first-order chi connectivity index (χ1) is 19.7. The Morgan fingerprint density at radius 2 is 1.52 bits per heavy atom. The minimum atomic E-state index is -4.15. The van der Waals surface area contributed by atoms with Crippen molar-refractivity contribution in [3.05, 3.63) is 93.0 Å². The number of hydrogen-bond acceptors (Lipinski definition) is 4. The molecule has 226 valence electrons. The summed E-state index contributed by atoms with van der Waals surface area (Å²) >= 11 is 12.4. The molecule has 0 spiro atoms. The number of hydrogen-bond donors (Lipinski definition) is 1. The summed E-state index contributed by atoms with van der Waals surface area (Å²) in [4.78, 5) is 29.1. The third kappa shape index (κ3) is 8.27. The van der Waals surface area contributed by atoms with E-state index in [1.165, 1.54) is 17.0 Å². The number of sulfonamides is 1. The van der Waals surface area contributed by atoms with Crippen molar-refractivity contribution in [2.75, 3.05) is 17.4 Å². The second-order valence-corrected chi connectivity index (χ2v) is 13.6. The lowest BCUT2D eigenvalue weighted by Gasteiger charge is -2.33. The zero-order chi connectivity index (χ0) is 31.2. The molecule has 1 N–H and O–H groups in total. The summed E-state index contributed by atoms with van der Waals surface area (Å²) in [6, 6.07) is 16.1. The van der Waals surface area contributed by atoms with E-state index in [2.05, 4.69) is 5.32 Å². The molecule has 0 heterocycles. The molecule has 1 atom stereocenters. The summed E-state index contributed by atoms with van der Waals surface area (Å²) in [6.07, 6.45) is 0.325. The number of benzene rings is 3. The summed E-state index contributed by atoms with van der Waals surface area (Å²) in [5.74, 6) is -0.618. The van der Waals surface area contributed by atoms with E-state index in [1.807, 2.05) is 53.7 Å². The molecule has 42 heavy (non-hydrogen) atoms. The summed E-state index contributed by atoms with van der Waals surface area (Å²) in [5, 5.41) is 3.61. The third-order valence-corrected chi connectivity index (χ3v) is 9.43. The summed E-state index contributed by atoms with van der Waals surface area (Å²) in [7, 11) is -4.15. The van der Waals surface area contributed by atoms with E-state index in [9.17, 15) is 18.0 Å². The average Bonchev–Trinajstić information content (AvgIpc) is 2.92. The van der Waals surface area contributed by atoms with Gasteiger partial charge in [-0.3, -0.25) is 13.9 Å². The van der Waals surface area contributed by atoms with Gasteiger partial charge in [-0.05, 0) is 74.6 Å². The van der Waals surface area contributed by atoms with Crippen molar-refractivity contribution in [2.24, 2.45) is 5.92 Å². The molecule has 0 radical (unpaired) electrons. The van der Waals surface area contributed by atoms with E-state index in [0.717, 1.165) is 15.4 Å². The van der Waals surface area contributed by atoms with Gasteiger partial charge in [-0.2, -0.15) is 0 Å². The standard InChI is InChI=1S/C32H39Cl2N3O4S/c1-7-29(32(39)35-18-21(2)3)36(19-25-11-14-27(33)28(34)17-25)31(38)20-37(30-15-10-23(5)16-24(30)6)42(40,41)26-12-8-22(4)9-13-26/h8-17,21,29H,7,18-20H2,1-6H3,(H,35,39). The number of anilines is 1. The highest BCUT2D eigenvalue weighted by Gasteiger charge is 2.34. The molecule has 0 fully saturated rings. The van der Waals surface area contributed by atoms with E-state index >= 15 is 0 Å². The highest BCUT2D eigenvalue weighted by atomic mass is 35.5. The van der Waals surface area contributed by atoms with Crippen LogP contribution in [0.5, 0.6) is 0 Å². The first-order valence-electron chi connectivity index (χ1n) is 13.9. The van der Waals surface area contributed by atoms with Gasteiger partial charge in [0.1, 0.15) is 12.6 Å². The van der Waals surface area contributed by atoms with Crippen LogP contribution in [0.25, 0.3) is 0 Å². The van der Waals surface area contributed by atoms with Crippen LogP contribution in [0.15, 0.2) is 65.6 Å². The molecule has 0 aliphatic rings. The van der Waals surface area contributed by atoms with Crippen molar-refractivity contribution < 1.29 is 18.0 Å². The third-order valence-electron chi connectivity index (χ3n) is 6.92. The van der Waals surface area contributed by atoms with Crippen LogP contribution in [0.4, 0.5) is 5.69 Å². The summed E-state index contributed by atoms with van der Waals surface area (Å²) in [5.41, 5.74) is 3.63. The molecule has 0 bridgehead atoms. The highest BCUT2D eigenvalue weighted by molar-refractivity contribution is 7.92. The van der Waals surface area contributed by atoms with Crippen LogP contribution in [0, 0.1) is 26.7 Å². The number of rotatable bonds is 12. The number of halogens is 2. The Hall–Kier alpha value is -3.07. The van der Waals surface area contributed by atoms with Gasteiger partial charge in [-0.15, -0.1) is 0 Å². The molecule has 2 amide bonds. The molecule has 3 aromatic carbocycles. The number of amides is 2. The van der Waals surface area contributed by atoms with Gasteiger partial charge in [0.25, 0.3) is 10.0 Å². The Bertz CT molecular complexity index is 1530. The molecule has 0 saturated carbocycles. The largest absolute Gasteiger partial charge is 0.354 e. The SMILES string of the molecule is CCC(C(=O)NCC(C)C)N(Cc1ccc(Cl)c(Cl)c1)C(=O)CN(c1ccc(C)cc1C)S(=O)(=O)c1ccc(C)cc1. The smallest absolute Gasteiger partial charge is 0.264 e. The lowest BCUT2D eigenvalue weighted by molar-refractivity contribution is -0.140. The fourth-order valence-corrected chi connectivity index (χ4v) is 6.41. The van der Waals surface area contributed by atoms with Crippen molar-refractivity contribution >= 4 is 50.7 Å². The fraction of sp³-hybridized carbons (Fsp3) is 0.375. The van der Waals surface area contributed by atoms with Crippen LogP contribution in [0.1, 0.15) is 49.4 Å². The van der Waals surface area contributed by atoms with E-state index in [1.54, 1.807) is 36.4 Å². The first kappa shape index (κ1) is 33.4. The molecule has 0 aromatic heterocycles. The van der Waals surface area contributed by atoms with Crippen molar-refractivity contribution in [1.29, 1.82) is 0 Å². The number of aryl methyl sites for hydroxylation is 3. The molecule has 0 aliphatic carbocycles. The molecule has 1 unspecified atom stereocenters. The van der Waals surface area contributed by atoms with Gasteiger partial charge in [-0.1, -0.05) is 85.4 Å². The minimum absolute atomic E-state index is 0.0363. The summed E-state index contributed by atoms with van der Waals surface area (Å²) in [6.45, 7) is 11.4. The van der Waals surface area contributed by atoms with Crippen LogP contribution in [0.3, 0.4) is 0 Å². The average molecular weight is 633 g/mol. The van der Waals surface area contributed by atoms with Crippen molar-refractivity contribution in [3.8, 4) is 0 Å². The zero-order valence-electron chi connectivity index (χ0n) is 24.9. The zero-order valence-corrected chi connectivity index (χ0v) is 27.3. The molecular weight excluding hydrogens is 593 g/mol. The maximum atomic E-state index is 14.2. The molecule has 3 rings (SSSR count). The Morgan fingerprint density at radius 1 is 0.881 bits per heavy atom. The molecular formula is C32H39Cl2N3O4S. The molecule has 3 aromatic rings. The van der Waals surface area contributed by atoms with Gasteiger partial charge in [-0.25, -0.2) is 8.42 Å². The van der Waals surface area contributed by atoms with Gasteiger partial charge in [0.2, 0.25) is 11.8 Å². The number of carbonyl (C=O) groups excluding carboxylic acids is 2. The number of carbonyl (C=O) groups is 2. The highest BCUT2D eigenvalue weighted by Crippen LogP contribution is 2.29. The maximum absolute atomic E-state index is 14.2. The lowest BCUT2D eigenvalue weighted by atomic mass is 10.1. The van der Waals surface area contributed by atoms with E-state index in [0.29, 0.717) is 39.8 Å². The van der Waals surface area contributed by atoms with Crippen molar-refractivity contribution in [1.82, 2.24) is 10.2 Å². The van der Waals surface area contributed by atoms with Gasteiger partial charge in [0.15, 0.2) is 0 Å². The van der Waals surface area contributed by atoms with Crippen LogP contribution in [0.2, 0.25) is 10.0 Å². The number of nitrogens with one attached hydrogen (secondary N) is 1. The van der Waals surface area contributed by atoms with Crippen LogP contribution in [-0.2, 0) is 26.2 Å². The van der Waals surface area contributed by atoms with E-state index in [-0.39, 0.29) is 23.3 Å². The monoisotopic (exact) mass is 631 g/mol. The van der Waals surface area contributed by atoms with E-state index in [4.69, 9.17) is 23.2 Å². The molecule has 0 aliphatic heterocycles. The van der Waals surface area contributed by atoms with Crippen molar-refractivity contribution in [3.63, 3.8) is 0 Å². The summed E-state index contributed by atoms with van der Waals surface area (Å²) < 4.78 is 29.3. The predicted molar refractivity (Wildman–Crippen MR) is 171 cm³/mol. The number of nitrogens with zero attached hydrogens (tertiary/aromatic N) is 2. The minimum Gasteiger partial charge on any atom is -0.354 e. The Labute approximate surface area is 259 Å².